The minimum absolute atomic E-state index is 0.531. The van der Waals surface area contributed by atoms with E-state index in [9.17, 15) is 0 Å². The van der Waals surface area contributed by atoms with Crippen molar-refractivity contribution < 1.29 is 0 Å². The Morgan fingerprint density at radius 3 is 2.60 bits per heavy atom. The van der Waals surface area contributed by atoms with Crippen molar-refractivity contribution in [1.29, 1.82) is 0 Å². The molecule has 0 aliphatic heterocycles. The molecule has 1 aliphatic carbocycles. The van der Waals surface area contributed by atoms with Crippen LogP contribution in [-0.2, 0) is 6.54 Å². The number of nitrogens with zero attached hydrogens (tertiary/aromatic N) is 1. The minimum atomic E-state index is 0.531. The molecule has 0 radical (unpaired) electrons. The number of nitrogens with one attached hydrogen (secondary N) is 1. The van der Waals surface area contributed by atoms with Crippen LogP contribution in [0.3, 0.4) is 0 Å². The summed E-state index contributed by atoms with van der Waals surface area (Å²) in [4.78, 5) is 2.10. The lowest BCUT2D eigenvalue weighted by atomic mass is 9.86. The first kappa shape index (κ1) is 15.6. The molecule has 2 nitrogen and oxygen atoms in total. The molecule has 0 saturated heterocycles. The average molecular weight is 311 g/mol. The molecule has 0 bridgehead atoms. The predicted molar refractivity (Wildman–Crippen MR) is 90.1 cm³/mol. The van der Waals surface area contributed by atoms with Crippen molar-refractivity contribution in [2.45, 2.75) is 45.2 Å². The van der Waals surface area contributed by atoms with E-state index < -0.39 is 0 Å². The largest absolute Gasteiger partial charge is 0.360 e. The highest BCUT2D eigenvalue weighted by Gasteiger charge is 2.22. The van der Waals surface area contributed by atoms with E-state index in [2.05, 4.69) is 17.1 Å². The maximum atomic E-state index is 5.90. The van der Waals surface area contributed by atoms with Crippen molar-refractivity contribution in [3.63, 3.8) is 0 Å². The average Bonchev–Trinajstić information content (AvgIpc) is 2.44. The van der Waals surface area contributed by atoms with Crippen molar-refractivity contribution in [2.24, 2.45) is 5.92 Å². The summed E-state index contributed by atoms with van der Waals surface area (Å²) >= 11 is 11.4. The molecular formula is C16H23ClN2S. The van der Waals surface area contributed by atoms with Crippen LogP contribution < -0.4 is 5.32 Å². The van der Waals surface area contributed by atoms with Crippen LogP contribution >= 0.6 is 23.8 Å². The highest BCUT2D eigenvalue weighted by Crippen LogP contribution is 2.23. The molecule has 1 saturated carbocycles. The first-order valence-corrected chi connectivity index (χ1v) is 8.11. The fourth-order valence-corrected chi connectivity index (χ4v) is 3.08. The Hall–Kier alpha value is -0.800. The number of thiocarbonyl (C=S) groups is 1. The summed E-state index contributed by atoms with van der Waals surface area (Å²) in [5, 5.41) is 5.15. The van der Waals surface area contributed by atoms with Crippen LogP contribution in [0.2, 0.25) is 5.02 Å². The maximum Gasteiger partial charge on any atom is 0.169 e. The second kappa shape index (κ2) is 7.28. The van der Waals surface area contributed by atoms with Crippen LogP contribution in [0, 0.1) is 5.92 Å². The molecule has 2 rings (SSSR count). The minimum Gasteiger partial charge on any atom is -0.360 e. The van der Waals surface area contributed by atoms with Crippen LogP contribution in [0.25, 0.3) is 0 Å². The molecule has 110 valence electrons. The van der Waals surface area contributed by atoms with Crippen LogP contribution in [0.4, 0.5) is 0 Å². The molecule has 1 aliphatic rings. The van der Waals surface area contributed by atoms with Gasteiger partial charge in [0.15, 0.2) is 5.11 Å². The van der Waals surface area contributed by atoms with E-state index in [0.29, 0.717) is 12.0 Å². The van der Waals surface area contributed by atoms with Crippen LogP contribution in [0.15, 0.2) is 24.3 Å². The van der Waals surface area contributed by atoms with Gasteiger partial charge in [0.2, 0.25) is 0 Å². The lowest BCUT2D eigenvalue weighted by Crippen LogP contribution is -2.46. The molecule has 1 N–H and O–H groups in total. The fourth-order valence-electron chi connectivity index (χ4n) is 2.73. The third-order valence-corrected chi connectivity index (χ3v) is 4.78. The van der Waals surface area contributed by atoms with Gasteiger partial charge in [-0.15, -0.1) is 0 Å². The van der Waals surface area contributed by atoms with Gasteiger partial charge in [0.25, 0.3) is 0 Å². The monoisotopic (exact) mass is 310 g/mol. The van der Waals surface area contributed by atoms with Gasteiger partial charge in [0.05, 0.1) is 0 Å². The standard InChI is InChI=1S/C16H23ClN2S/c1-12-5-3-4-6-15(12)18-16(20)19(2)11-13-7-9-14(17)10-8-13/h7-10,12,15H,3-6,11H2,1-2H3,(H,18,20)/t12-,15-/m0/s1. The van der Waals surface area contributed by atoms with E-state index in [1.165, 1.54) is 31.2 Å². The fraction of sp³-hybridized carbons (Fsp3) is 0.562. The van der Waals surface area contributed by atoms with E-state index >= 15 is 0 Å². The van der Waals surface area contributed by atoms with Gasteiger partial charge < -0.3 is 10.2 Å². The highest BCUT2D eigenvalue weighted by molar-refractivity contribution is 7.80. The predicted octanol–water partition coefficient (Wildman–Crippen LogP) is 4.23. The van der Waals surface area contributed by atoms with Crippen LogP contribution in [-0.4, -0.2) is 23.1 Å². The maximum absolute atomic E-state index is 5.90. The molecule has 0 heterocycles. The smallest absolute Gasteiger partial charge is 0.169 e. The summed E-state index contributed by atoms with van der Waals surface area (Å²) in [5.74, 6) is 0.714. The Kier molecular flexibility index (Phi) is 5.67. The summed E-state index contributed by atoms with van der Waals surface area (Å²) < 4.78 is 0. The van der Waals surface area contributed by atoms with Crippen LogP contribution in [0.5, 0.6) is 0 Å². The molecular weight excluding hydrogens is 288 g/mol. The van der Waals surface area contributed by atoms with Crippen molar-refractivity contribution in [3.8, 4) is 0 Å². The number of benzene rings is 1. The molecule has 0 aromatic heterocycles. The molecule has 0 spiro atoms. The Morgan fingerprint density at radius 1 is 1.30 bits per heavy atom. The highest BCUT2D eigenvalue weighted by atomic mass is 35.5. The summed E-state index contributed by atoms with van der Waals surface area (Å²) in [6.07, 6.45) is 5.20. The van der Waals surface area contributed by atoms with Gasteiger partial charge in [0.1, 0.15) is 0 Å². The SMILES string of the molecule is C[C@H]1CCCC[C@@H]1NC(=S)N(C)Cc1ccc(Cl)cc1. The first-order chi connectivity index (χ1) is 9.56. The van der Waals surface area contributed by atoms with Crippen molar-refractivity contribution in [1.82, 2.24) is 10.2 Å². The van der Waals surface area contributed by atoms with E-state index in [1.807, 2.05) is 31.3 Å². The second-order valence-corrected chi connectivity index (χ2v) is 6.62. The number of rotatable bonds is 3. The van der Waals surface area contributed by atoms with Gasteiger partial charge >= 0.3 is 0 Å². The Balaban J connectivity index is 1.86. The van der Waals surface area contributed by atoms with Gasteiger partial charge in [0, 0.05) is 24.7 Å². The lowest BCUT2D eigenvalue weighted by molar-refractivity contribution is 0.300. The Labute approximate surface area is 132 Å². The second-order valence-electron chi connectivity index (χ2n) is 5.80. The molecule has 20 heavy (non-hydrogen) atoms. The number of halogens is 1. The third-order valence-electron chi connectivity index (χ3n) is 4.10. The lowest BCUT2D eigenvalue weighted by Gasteiger charge is -2.33. The number of hydrogen-bond acceptors (Lipinski definition) is 1. The zero-order valence-electron chi connectivity index (χ0n) is 12.2. The molecule has 0 unspecified atom stereocenters. The summed E-state index contributed by atoms with van der Waals surface area (Å²) in [6, 6.07) is 8.47. The van der Waals surface area contributed by atoms with Gasteiger partial charge in [-0.1, -0.05) is 43.5 Å². The van der Waals surface area contributed by atoms with Crippen LogP contribution in [0.1, 0.15) is 38.2 Å². The summed E-state index contributed by atoms with van der Waals surface area (Å²) in [6.45, 7) is 3.13. The van der Waals surface area contributed by atoms with Gasteiger partial charge in [-0.2, -0.15) is 0 Å². The third kappa shape index (κ3) is 4.35. The van der Waals surface area contributed by atoms with Crippen molar-refractivity contribution in [3.05, 3.63) is 34.9 Å². The Morgan fingerprint density at radius 2 is 1.95 bits per heavy atom. The van der Waals surface area contributed by atoms with Gasteiger partial charge in [-0.25, -0.2) is 0 Å². The van der Waals surface area contributed by atoms with Crippen molar-refractivity contribution in [2.75, 3.05) is 7.05 Å². The normalized spacial score (nSPS) is 22.4. The van der Waals surface area contributed by atoms with Crippen molar-refractivity contribution >= 4 is 28.9 Å². The van der Waals surface area contributed by atoms with E-state index in [0.717, 1.165) is 16.7 Å². The molecule has 0 amide bonds. The van der Waals surface area contributed by atoms with Gasteiger partial charge in [-0.05, 0) is 48.7 Å². The molecule has 2 atom stereocenters. The Bertz CT molecular complexity index is 446. The number of hydrogen-bond donors (Lipinski definition) is 1. The first-order valence-electron chi connectivity index (χ1n) is 7.32. The topological polar surface area (TPSA) is 15.3 Å². The van der Waals surface area contributed by atoms with Gasteiger partial charge in [-0.3, -0.25) is 0 Å². The summed E-state index contributed by atoms with van der Waals surface area (Å²) in [5.41, 5.74) is 1.22. The quantitative estimate of drug-likeness (QED) is 0.841. The summed E-state index contributed by atoms with van der Waals surface area (Å²) in [7, 11) is 2.04. The molecule has 4 heteroatoms. The molecule has 1 aromatic carbocycles. The van der Waals surface area contributed by atoms with E-state index in [1.54, 1.807) is 0 Å². The molecule has 1 fully saturated rings. The zero-order valence-corrected chi connectivity index (χ0v) is 13.8. The zero-order chi connectivity index (χ0) is 14.5. The van der Waals surface area contributed by atoms with E-state index in [4.69, 9.17) is 23.8 Å². The van der Waals surface area contributed by atoms with E-state index in [-0.39, 0.29) is 0 Å². The molecule has 1 aromatic rings.